The number of fused-ring (bicyclic) bond motifs is 2. The lowest BCUT2D eigenvalue weighted by molar-refractivity contribution is 0.0666. The van der Waals surface area contributed by atoms with E-state index >= 15 is 0 Å². The van der Waals surface area contributed by atoms with Gasteiger partial charge in [0.25, 0.3) is 5.91 Å². The first-order chi connectivity index (χ1) is 13.3. The lowest BCUT2D eigenvalue weighted by Gasteiger charge is -2.38. The molecule has 1 N–H and O–H groups in total. The number of carbonyl (C=O) groups is 1. The Kier molecular flexibility index (Phi) is 3.71. The van der Waals surface area contributed by atoms with Gasteiger partial charge in [0.1, 0.15) is 6.17 Å². The first-order valence-corrected chi connectivity index (χ1v) is 8.89. The van der Waals surface area contributed by atoms with E-state index in [0.717, 1.165) is 28.3 Å². The molecule has 3 aromatic rings. The summed E-state index contributed by atoms with van der Waals surface area (Å²) in [5.74, 6) is 1.48. The Morgan fingerprint density at radius 1 is 0.926 bits per heavy atom. The predicted molar refractivity (Wildman–Crippen MR) is 102 cm³/mol. The van der Waals surface area contributed by atoms with E-state index in [4.69, 9.17) is 9.47 Å². The van der Waals surface area contributed by atoms with Gasteiger partial charge in [-0.25, -0.2) is 0 Å². The van der Waals surface area contributed by atoms with E-state index in [-0.39, 0.29) is 18.9 Å². The van der Waals surface area contributed by atoms with Crippen molar-refractivity contribution in [2.75, 3.05) is 12.1 Å². The van der Waals surface area contributed by atoms with Crippen molar-refractivity contribution < 1.29 is 14.3 Å². The van der Waals surface area contributed by atoms with Crippen molar-refractivity contribution in [2.45, 2.75) is 12.7 Å². The number of rotatable bonds is 3. The number of nitrogens with zero attached hydrogens (tertiary/aromatic N) is 1. The summed E-state index contributed by atoms with van der Waals surface area (Å²) in [6.07, 6.45) is -0.237. The average Bonchev–Trinajstić information content (AvgIpc) is 3.18. The van der Waals surface area contributed by atoms with Gasteiger partial charge in [-0.15, -0.1) is 0 Å². The maximum atomic E-state index is 13.3. The largest absolute Gasteiger partial charge is 0.454 e. The van der Waals surface area contributed by atoms with Gasteiger partial charge in [0, 0.05) is 12.2 Å². The van der Waals surface area contributed by atoms with Gasteiger partial charge in [-0.05, 0) is 35.4 Å². The van der Waals surface area contributed by atoms with E-state index in [1.54, 1.807) is 0 Å². The predicted octanol–water partition coefficient (Wildman–Crippen LogP) is 4.18. The van der Waals surface area contributed by atoms with E-state index in [1.807, 2.05) is 77.7 Å². The van der Waals surface area contributed by atoms with Crippen LogP contribution in [0.1, 0.15) is 27.7 Å². The molecule has 27 heavy (non-hydrogen) atoms. The van der Waals surface area contributed by atoms with E-state index < -0.39 is 0 Å². The average molecular weight is 358 g/mol. The van der Waals surface area contributed by atoms with Crippen LogP contribution in [0.3, 0.4) is 0 Å². The summed E-state index contributed by atoms with van der Waals surface area (Å²) in [6.45, 7) is 0.708. The minimum atomic E-state index is -0.237. The molecule has 0 aromatic heterocycles. The van der Waals surface area contributed by atoms with Crippen LogP contribution in [0.4, 0.5) is 5.69 Å². The summed E-state index contributed by atoms with van der Waals surface area (Å²) < 4.78 is 10.9. The van der Waals surface area contributed by atoms with Gasteiger partial charge in [-0.3, -0.25) is 4.79 Å². The first-order valence-electron chi connectivity index (χ1n) is 8.89. The Morgan fingerprint density at radius 2 is 1.70 bits per heavy atom. The molecule has 0 saturated carbocycles. The van der Waals surface area contributed by atoms with Crippen LogP contribution in [0.15, 0.2) is 72.8 Å². The summed E-state index contributed by atoms with van der Waals surface area (Å²) in [6, 6.07) is 23.5. The molecule has 0 aliphatic carbocycles. The van der Waals surface area contributed by atoms with Crippen LogP contribution in [-0.2, 0) is 6.54 Å². The standard InChI is InChI=1S/C22H18N2O3/c25-22-17-8-4-5-9-18(17)23-21(16-6-2-1-3-7-16)24(22)13-15-10-11-19-20(12-15)27-14-26-19/h1-12,21,23H,13-14H2/t21-/m0/s1. The van der Waals surface area contributed by atoms with Crippen molar-refractivity contribution in [1.29, 1.82) is 0 Å². The molecule has 5 nitrogen and oxygen atoms in total. The highest BCUT2D eigenvalue weighted by Crippen LogP contribution is 2.36. The quantitative estimate of drug-likeness (QED) is 0.763. The van der Waals surface area contributed by atoms with Crippen LogP contribution in [0.5, 0.6) is 11.5 Å². The Labute approximate surface area is 157 Å². The molecule has 0 radical (unpaired) electrons. The van der Waals surface area contributed by atoms with Crippen LogP contribution in [0.2, 0.25) is 0 Å². The number of anilines is 1. The van der Waals surface area contributed by atoms with E-state index in [9.17, 15) is 4.79 Å². The van der Waals surface area contributed by atoms with Crippen molar-refractivity contribution >= 4 is 11.6 Å². The number of para-hydroxylation sites is 1. The SMILES string of the molecule is O=C1c2ccccc2N[C@H](c2ccccc2)N1Cc1ccc2c(c1)OCO2. The summed E-state index contributed by atoms with van der Waals surface area (Å²) in [4.78, 5) is 15.1. The van der Waals surface area contributed by atoms with Crippen molar-refractivity contribution in [3.05, 3.63) is 89.5 Å². The zero-order chi connectivity index (χ0) is 18.2. The lowest BCUT2D eigenvalue weighted by Crippen LogP contribution is -2.42. The Balaban J connectivity index is 1.53. The van der Waals surface area contributed by atoms with Crippen molar-refractivity contribution in [3.63, 3.8) is 0 Å². The summed E-state index contributed by atoms with van der Waals surface area (Å²) in [5, 5.41) is 3.52. The fourth-order valence-corrected chi connectivity index (χ4v) is 3.59. The molecule has 0 bridgehead atoms. The van der Waals surface area contributed by atoms with Crippen molar-refractivity contribution in [2.24, 2.45) is 0 Å². The number of hydrogen-bond donors (Lipinski definition) is 1. The maximum Gasteiger partial charge on any atom is 0.258 e. The molecule has 1 atom stereocenters. The Bertz CT molecular complexity index is 1000. The van der Waals surface area contributed by atoms with Gasteiger partial charge in [0.15, 0.2) is 11.5 Å². The van der Waals surface area contributed by atoms with Gasteiger partial charge < -0.3 is 19.7 Å². The summed E-state index contributed by atoms with van der Waals surface area (Å²) in [7, 11) is 0. The monoisotopic (exact) mass is 358 g/mol. The molecule has 2 heterocycles. The lowest BCUT2D eigenvalue weighted by atomic mass is 10.0. The summed E-state index contributed by atoms with van der Waals surface area (Å²) >= 11 is 0. The topological polar surface area (TPSA) is 50.8 Å². The highest BCUT2D eigenvalue weighted by Gasteiger charge is 2.33. The molecular formula is C22H18N2O3. The smallest absolute Gasteiger partial charge is 0.258 e. The molecule has 1 amide bonds. The zero-order valence-corrected chi connectivity index (χ0v) is 14.6. The second-order valence-corrected chi connectivity index (χ2v) is 6.62. The van der Waals surface area contributed by atoms with Crippen molar-refractivity contribution in [1.82, 2.24) is 4.90 Å². The van der Waals surface area contributed by atoms with E-state index in [1.165, 1.54) is 0 Å². The van der Waals surface area contributed by atoms with E-state index in [2.05, 4.69) is 5.32 Å². The van der Waals surface area contributed by atoms with Crippen LogP contribution < -0.4 is 14.8 Å². The molecule has 0 spiro atoms. The Hall–Kier alpha value is -3.47. The number of nitrogens with one attached hydrogen (secondary N) is 1. The van der Waals surface area contributed by atoms with Crippen molar-refractivity contribution in [3.8, 4) is 11.5 Å². The number of benzene rings is 3. The van der Waals surface area contributed by atoms with Gasteiger partial charge in [0.05, 0.1) is 5.56 Å². The molecule has 2 aliphatic rings. The first kappa shape index (κ1) is 15.8. The highest BCUT2D eigenvalue weighted by atomic mass is 16.7. The molecule has 0 saturated heterocycles. The van der Waals surface area contributed by atoms with Gasteiger partial charge >= 0.3 is 0 Å². The molecular weight excluding hydrogens is 340 g/mol. The fraction of sp³-hybridized carbons (Fsp3) is 0.136. The van der Waals surface area contributed by atoms with Gasteiger partial charge in [-0.2, -0.15) is 0 Å². The van der Waals surface area contributed by atoms with E-state index in [0.29, 0.717) is 12.1 Å². The summed E-state index contributed by atoms with van der Waals surface area (Å²) in [5.41, 5.74) is 3.58. The third kappa shape index (κ3) is 2.77. The molecule has 5 heteroatoms. The zero-order valence-electron chi connectivity index (χ0n) is 14.6. The van der Waals surface area contributed by atoms with Gasteiger partial charge in [-0.1, -0.05) is 48.5 Å². The molecule has 2 aliphatic heterocycles. The molecule has 0 unspecified atom stereocenters. The molecule has 5 rings (SSSR count). The second-order valence-electron chi connectivity index (χ2n) is 6.62. The third-order valence-corrected chi connectivity index (χ3v) is 4.93. The second kappa shape index (κ2) is 6.36. The van der Waals surface area contributed by atoms with Crippen LogP contribution in [0.25, 0.3) is 0 Å². The molecule has 0 fully saturated rings. The normalized spacial score (nSPS) is 17.4. The molecule has 3 aromatic carbocycles. The van der Waals surface area contributed by atoms with Crippen LogP contribution in [0, 0.1) is 0 Å². The third-order valence-electron chi connectivity index (χ3n) is 4.93. The highest BCUT2D eigenvalue weighted by molar-refractivity contribution is 6.01. The molecule has 134 valence electrons. The number of carbonyl (C=O) groups excluding carboxylic acids is 1. The number of hydrogen-bond acceptors (Lipinski definition) is 4. The fourth-order valence-electron chi connectivity index (χ4n) is 3.59. The van der Waals surface area contributed by atoms with Crippen LogP contribution in [-0.4, -0.2) is 17.6 Å². The number of amides is 1. The Morgan fingerprint density at radius 3 is 2.59 bits per heavy atom. The number of ether oxygens (including phenoxy) is 2. The van der Waals surface area contributed by atoms with Gasteiger partial charge in [0.2, 0.25) is 6.79 Å². The minimum Gasteiger partial charge on any atom is -0.454 e. The minimum absolute atomic E-state index is 0.0101. The van der Waals surface area contributed by atoms with Crippen LogP contribution >= 0.6 is 0 Å². The maximum absolute atomic E-state index is 13.3.